The summed E-state index contributed by atoms with van der Waals surface area (Å²) < 4.78 is 5.12. The van der Waals surface area contributed by atoms with E-state index in [1.54, 1.807) is 7.11 Å². The molecule has 0 bridgehead atoms. The smallest absolute Gasteiger partial charge is 0.321 e. The Bertz CT molecular complexity index is 692. The van der Waals surface area contributed by atoms with E-state index in [-0.39, 0.29) is 6.03 Å². The van der Waals surface area contributed by atoms with Crippen LogP contribution in [0.4, 0.5) is 16.2 Å². The van der Waals surface area contributed by atoms with Crippen LogP contribution in [0.25, 0.3) is 0 Å². The Morgan fingerprint density at radius 1 is 1.04 bits per heavy atom. The molecule has 0 aliphatic carbocycles. The fraction of sp³-hybridized carbons (Fsp3) is 0.316. The van der Waals surface area contributed by atoms with Gasteiger partial charge in [0.2, 0.25) is 0 Å². The van der Waals surface area contributed by atoms with Crippen molar-refractivity contribution >= 4 is 17.4 Å². The number of hydrogen-bond donors (Lipinski definition) is 1. The molecule has 1 aliphatic rings. The molecule has 1 N–H and O–H groups in total. The average molecular weight is 325 g/mol. The van der Waals surface area contributed by atoms with Crippen molar-refractivity contribution in [3.63, 3.8) is 0 Å². The van der Waals surface area contributed by atoms with Crippen LogP contribution in [0.1, 0.15) is 5.56 Å². The topological polar surface area (TPSA) is 44.8 Å². The first kappa shape index (κ1) is 16.2. The molecule has 1 saturated heterocycles. The van der Waals surface area contributed by atoms with Crippen LogP contribution in [0.3, 0.4) is 0 Å². The number of nitrogens with zero attached hydrogens (tertiary/aromatic N) is 2. The number of urea groups is 1. The van der Waals surface area contributed by atoms with E-state index in [4.69, 9.17) is 4.74 Å². The van der Waals surface area contributed by atoms with Crippen LogP contribution in [0.2, 0.25) is 0 Å². The minimum absolute atomic E-state index is 0.0518. The van der Waals surface area contributed by atoms with Crippen LogP contribution in [0, 0.1) is 6.92 Å². The van der Waals surface area contributed by atoms with Gasteiger partial charge in [-0.05, 0) is 48.9 Å². The second-order valence-corrected chi connectivity index (χ2v) is 5.97. The highest BCUT2D eigenvalue weighted by molar-refractivity contribution is 5.89. The molecule has 2 amide bonds. The summed E-state index contributed by atoms with van der Waals surface area (Å²) in [4.78, 5) is 16.6. The van der Waals surface area contributed by atoms with Crippen molar-refractivity contribution in [1.82, 2.24) is 4.90 Å². The maximum atomic E-state index is 12.4. The van der Waals surface area contributed by atoms with Crippen LogP contribution in [0.15, 0.2) is 48.5 Å². The summed E-state index contributed by atoms with van der Waals surface area (Å²) in [5, 5.41) is 2.94. The highest BCUT2D eigenvalue weighted by atomic mass is 16.5. The van der Waals surface area contributed by atoms with Crippen molar-refractivity contribution in [2.24, 2.45) is 0 Å². The number of aryl methyl sites for hydroxylation is 1. The van der Waals surface area contributed by atoms with E-state index in [0.717, 1.165) is 37.6 Å². The summed E-state index contributed by atoms with van der Waals surface area (Å²) in [7, 11) is 1.63. The molecule has 2 aromatic carbocycles. The zero-order chi connectivity index (χ0) is 16.9. The molecule has 0 radical (unpaired) electrons. The molecular formula is C19H23N3O2. The molecule has 126 valence electrons. The van der Waals surface area contributed by atoms with Crippen molar-refractivity contribution in [3.8, 4) is 5.75 Å². The molecule has 0 aromatic heterocycles. The van der Waals surface area contributed by atoms with Gasteiger partial charge < -0.3 is 19.9 Å². The lowest BCUT2D eigenvalue weighted by atomic mass is 10.2. The zero-order valence-corrected chi connectivity index (χ0v) is 14.2. The number of ether oxygens (including phenoxy) is 1. The number of piperazine rings is 1. The standard InChI is InChI=1S/C19H23N3O2/c1-15-4-3-5-17(14-15)21-10-12-22(13-11-21)19(23)20-16-6-8-18(24-2)9-7-16/h3-9,14H,10-13H2,1-2H3,(H,20,23). The van der Waals surface area contributed by atoms with Gasteiger partial charge in [-0.15, -0.1) is 0 Å². The normalized spacial score (nSPS) is 14.4. The third-order valence-corrected chi connectivity index (χ3v) is 4.27. The van der Waals surface area contributed by atoms with E-state index in [2.05, 4.69) is 41.4 Å². The summed E-state index contributed by atoms with van der Waals surface area (Å²) in [6.07, 6.45) is 0. The number of nitrogens with one attached hydrogen (secondary N) is 1. The number of carbonyl (C=O) groups is 1. The molecule has 0 spiro atoms. The molecule has 3 rings (SSSR count). The Labute approximate surface area is 142 Å². The van der Waals surface area contributed by atoms with E-state index >= 15 is 0 Å². The maximum absolute atomic E-state index is 12.4. The molecule has 0 unspecified atom stereocenters. The van der Waals surface area contributed by atoms with Crippen molar-refractivity contribution in [1.29, 1.82) is 0 Å². The van der Waals surface area contributed by atoms with Crippen LogP contribution in [-0.4, -0.2) is 44.2 Å². The molecule has 0 saturated carbocycles. The quantitative estimate of drug-likeness (QED) is 0.941. The number of carbonyl (C=O) groups excluding carboxylic acids is 1. The molecule has 5 heteroatoms. The monoisotopic (exact) mass is 325 g/mol. The summed E-state index contributed by atoms with van der Waals surface area (Å²) in [6.45, 7) is 5.23. The average Bonchev–Trinajstić information content (AvgIpc) is 2.62. The van der Waals surface area contributed by atoms with Gasteiger partial charge in [0.25, 0.3) is 0 Å². The third-order valence-electron chi connectivity index (χ3n) is 4.27. The minimum Gasteiger partial charge on any atom is -0.497 e. The Hall–Kier alpha value is -2.69. The number of methoxy groups -OCH3 is 1. The van der Waals surface area contributed by atoms with Gasteiger partial charge in [-0.3, -0.25) is 0 Å². The van der Waals surface area contributed by atoms with Gasteiger partial charge in [0.05, 0.1) is 7.11 Å². The molecule has 1 fully saturated rings. The first-order valence-corrected chi connectivity index (χ1v) is 8.17. The summed E-state index contributed by atoms with van der Waals surface area (Å²) >= 11 is 0. The van der Waals surface area contributed by atoms with Gasteiger partial charge in [0, 0.05) is 37.6 Å². The van der Waals surface area contributed by atoms with E-state index in [1.165, 1.54) is 11.3 Å². The zero-order valence-electron chi connectivity index (χ0n) is 14.2. The molecule has 2 aromatic rings. The van der Waals surface area contributed by atoms with Gasteiger partial charge in [0.15, 0.2) is 0 Å². The molecule has 1 aliphatic heterocycles. The van der Waals surface area contributed by atoms with Gasteiger partial charge >= 0.3 is 6.03 Å². The van der Waals surface area contributed by atoms with Gasteiger partial charge in [-0.25, -0.2) is 4.79 Å². The minimum atomic E-state index is -0.0518. The SMILES string of the molecule is COc1ccc(NC(=O)N2CCN(c3cccc(C)c3)CC2)cc1. The predicted molar refractivity (Wildman–Crippen MR) is 97.0 cm³/mol. The van der Waals surface area contributed by atoms with E-state index in [9.17, 15) is 4.79 Å². The van der Waals surface area contributed by atoms with Gasteiger partial charge in [0.1, 0.15) is 5.75 Å². The second kappa shape index (κ2) is 7.25. The Balaban J connectivity index is 1.54. The largest absolute Gasteiger partial charge is 0.497 e. The van der Waals surface area contributed by atoms with Crippen molar-refractivity contribution in [2.45, 2.75) is 6.92 Å². The lowest BCUT2D eigenvalue weighted by molar-refractivity contribution is 0.208. The Morgan fingerprint density at radius 2 is 1.75 bits per heavy atom. The van der Waals surface area contributed by atoms with Gasteiger partial charge in [-0.1, -0.05) is 12.1 Å². The molecule has 5 nitrogen and oxygen atoms in total. The number of amides is 2. The molecule has 0 atom stereocenters. The van der Waals surface area contributed by atoms with Gasteiger partial charge in [-0.2, -0.15) is 0 Å². The number of anilines is 2. The van der Waals surface area contributed by atoms with Crippen LogP contribution >= 0.6 is 0 Å². The first-order valence-electron chi connectivity index (χ1n) is 8.17. The predicted octanol–water partition coefficient (Wildman–Crippen LogP) is 3.36. The highest BCUT2D eigenvalue weighted by Crippen LogP contribution is 2.19. The van der Waals surface area contributed by atoms with Crippen molar-refractivity contribution in [2.75, 3.05) is 43.5 Å². The molecular weight excluding hydrogens is 302 g/mol. The number of hydrogen-bond acceptors (Lipinski definition) is 3. The van der Waals surface area contributed by atoms with E-state index in [0.29, 0.717) is 0 Å². The van der Waals surface area contributed by atoms with E-state index in [1.807, 2.05) is 29.2 Å². The van der Waals surface area contributed by atoms with Crippen molar-refractivity contribution < 1.29 is 9.53 Å². The number of rotatable bonds is 3. The Kier molecular flexibility index (Phi) is 4.89. The summed E-state index contributed by atoms with van der Waals surface area (Å²) in [6, 6.07) is 15.8. The maximum Gasteiger partial charge on any atom is 0.321 e. The molecule has 24 heavy (non-hydrogen) atoms. The Morgan fingerprint density at radius 3 is 2.38 bits per heavy atom. The second-order valence-electron chi connectivity index (χ2n) is 5.97. The summed E-state index contributed by atoms with van der Waals surface area (Å²) in [5.74, 6) is 0.778. The first-order chi connectivity index (χ1) is 11.7. The highest BCUT2D eigenvalue weighted by Gasteiger charge is 2.21. The fourth-order valence-electron chi connectivity index (χ4n) is 2.87. The lowest BCUT2D eigenvalue weighted by Crippen LogP contribution is -2.50. The molecule has 1 heterocycles. The number of benzene rings is 2. The van der Waals surface area contributed by atoms with E-state index < -0.39 is 0 Å². The van der Waals surface area contributed by atoms with Crippen LogP contribution in [0.5, 0.6) is 5.75 Å². The summed E-state index contributed by atoms with van der Waals surface area (Å²) in [5.41, 5.74) is 3.26. The van der Waals surface area contributed by atoms with Crippen LogP contribution in [-0.2, 0) is 0 Å². The van der Waals surface area contributed by atoms with Crippen molar-refractivity contribution in [3.05, 3.63) is 54.1 Å². The third kappa shape index (κ3) is 3.79. The lowest BCUT2D eigenvalue weighted by Gasteiger charge is -2.36. The van der Waals surface area contributed by atoms with Crippen LogP contribution < -0.4 is 15.0 Å². The fourth-order valence-corrected chi connectivity index (χ4v) is 2.87.